The molecule has 0 aliphatic carbocycles. The minimum absolute atomic E-state index is 0.00771. The van der Waals surface area contributed by atoms with E-state index >= 15 is 0 Å². The summed E-state index contributed by atoms with van der Waals surface area (Å²) in [4.78, 5) is 114. The Bertz CT molecular complexity index is 3810. The molecule has 0 bridgehead atoms. The van der Waals surface area contributed by atoms with Crippen LogP contribution < -0.4 is 17.2 Å². The molecule has 6 aromatic rings. The van der Waals surface area contributed by atoms with Crippen molar-refractivity contribution in [3.05, 3.63) is 38.0 Å². The monoisotopic (exact) mass is 1530 g/mol. The molecule has 9 rings (SSSR count). The third-order valence-corrected chi connectivity index (χ3v) is 21.0. The van der Waals surface area contributed by atoms with Gasteiger partial charge in [0.1, 0.15) is 67.1 Å². The lowest BCUT2D eigenvalue weighted by Crippen LogP contribution is -2.31. The summed E-state index contributed by atoms with van der Waals surface area (Å²) >= 11 is 0. The number of aromatic nitrogens is 12. The number of aliphatic hydroxyl groups excluding tert-OH is 1. The summed E-state index contributed by atoms with van der Waals surface area (Å²) in [5.74, 6) is -2.53. The first kappa shape index (κ1) is 83.0. The molecule has 588 valence electrons. The molecule has 0 aromatic carbocycles. The fourth-order valence-electron chi connectivity index (χ4n) is 13.3. The smallest absolute Gasteiger partial charge is 0.462 e. The lowest BCUT2D eigenvalue weighted by molar-refractivity contribution is -0.167. The van der Waals surface area contributed by atoms with Crippen LogP contribution in [0.15, 0.2) is 38.0 Å². The second kappa shape index (κ2) is 42.7. The summed E-state index contributed by atoms with van der Waals surface area (Å²) in [6.07, 6.45) is 24.9. The molecular formula is C69H107N15O20P2. The number of hydrogen-bond donors (Lipinski definition) is 6. The summed E-state index contributed by atoms with van der Waals surface area (Å²) in [5.41, 5.74) is 19.4. The normalized spacial score (nSPS) is 21.7. The minimum atomic E-state index is -5.17. The zero-order valence-corrected chi connectivity index (χ0v) is 62.7. The predicted molar refractivity (Wildman–Crippen MR) is 385 cm³/mol. The molecule has 0 spiro atoms. The van der Waals surface area contributed by atoms with Crippen LogP contribution in [0.2, 0.25) is 0 Å². The van der Waals surface area contributed by atoms with Crippen molar-refractivity contribution in [1.82, 2.24) is 58.6 Å². The molecular weight excluding hydrogens is 1420 g/mol. The molecule has 106 heavy (non-hydrogen) atoms. The molecule has 37 heteroatoms. The van der Waals surface area contributed by atoms with Gasteiger partial charge in [-0.05, 0) is 12.8 Å². The number of carbonyl (C=O) groups excluding carboxylic acids is 4. The molecule has 3 aliphatic heterocycles. The van der Waals surface area contributed by atoms with E-state index < -0.39 is 140 Å². The topological polar surface area (TPSA) is 473 Å². The van der Waals surface area contributed by atoms with Gasteiger partial charge in [-0.25, -0.2) is 54.0 Å². The zero-order valence-electron chi connectivity index (χ0n) is 60.9. The number of nitrogens with two attached hydrogens (primary N) is 3. The van der Waals surface area contributed by atoms with Crippen LogP contribution in [0, 0.1) is 0 Å². The van der Waals surface area contributed by atoms with Crippen LogP contribution in [-0.2, 0) is 79.6 Å². The number of rotatable bonds is 51. The van der Waals surface area contributed by atoms with Gasteiger partial charge in [-0.3, -0.25) is 51.0 Å². The number of phosphoric ester groups is 2. The van der Waals surface area contributed by atoms with Crippen LogP contribution in [0.25, 0.3) is 33.5 Å². The standard InChI is InChI=1S/C69H107N15O20P2/c1-3-5-7-9-11-13-15-17-19-21-23-25-27-29-54(86)94-37-50(98-56(88)30-28-26-24-22-20-18-16-14-12-10-8-6-4-2)38-95-55(87)31-32-57(89)102-51-34-48(100-67(51)82-44-79-58-61(70)73-41-76-64(58)82)39-96-106(92,93)104-53-35-49(101-69(53)84-46-81-60-63(72)75-43-78-66(60)84)40-97-105(90,91)103-52-33-47(36-85)99-68(52)83-45-80-59-62(71)74-42-77-65(59)83/h41-53,67-69,85H,3-40H2,1-2H3,(H,90,91)(H,92,93)(H2,70,73,76)(H2,71,74,77)(H2,72,75,78)/t47-,48-,49-,50?,51+,52+,53+,67+,68+,69+/m0/s1. The zero-order chi connectivity index (χ0) is 75.3. The number of phosphoric acid groups is 2. The molecule has 0 amide bonds. The van der Waals surface area contributed by atoms with Gasteiger partial charge in [-0.2, -0.15) is 0 Å². The summed E-state index contributed by atoms with van der Waals surface area (Å²) in [5, 5.41) is 10.0. The van der Waals surface area contributed by atoms with Crippen LogP contribution in [-0.4, -0.2) is 173 Å². The quantitative estimate of drug-likeness (QED) is 0.00894. The number of carbonyl (C=O) groups is 4. The number of fused-ring (bicyclic) bond motifs is 3. The minimum Gasteiger partial charge on any atom is -0.462 e. The molecule has 12 atom stereocenters. The van der Waals surface area contributed by atoms with Crippen LogP contribution in [0.3, 0.4) is 0 Å². The number of imidazole rings is 3. The van der Waals surface area contributed by atoms with Gasteiger partial charge >= 0.3 is 39.5 Å². The van der Waals surface area contributed by atoms with Crippen molar-refractivity contribution in [2.24, 2.45) is 0 Å². The number of hydrogen-bond acceptors (Lipinski definition) is 30. The number of nitrogen functional groups attached to an aromatic ring is 3. The fraction of sp³-hybridized carbons (Fsp3) is 0.725. The largest absolute Gasteiger partial charge is 0.472 e. The third kappa shape index (κ3) is 25.6. The molecule has 3 aliphatic rings. The summed E-state index contributed by atoms with van der Waals surface area (Å²) in [6.45, 7) is 1.94. The third-order valence-electron chi connectivity index (χ3n) is 19.0. The van der Waals surface area contributed by atoms with E-state index in [0.717, 1.165) is 44.9 Å². The van der Waals surface area contributed by atoms with Gasteiger partial charge < -0.3 is 65.3 Å². The first-order valence-electron chi connectivity index (χ1n) is 37.7. The van der Waals surface area contributed by atoms with Gasteiger partial charge in [-0.1, -0.05) is 168 Å². The predicted octanol–water partition coefficient (Wildman–Crippen LogP) is 10.8. The summed E-state index contributed by atoms with van der Waals surface area (Å²) in [7, 11) is -10.2. The Hall–Kier alpha value is -7.01. The number of unbranched alkanes of at least 4 members (excludes halogenated alkanes) is 24. The SMILES string of the molecule is CCCCCCCCCCCCCCCC(=O)OCC(COC(=O)CCC(=O)O[C@@H]1C[C@@H](COP(=O)(O)O[C@@H]2C[C@@H](COP(=O)(O)O[C@@H]3C[C@@H](CO)O[C@H]3n3cnc4c(N)ncnc43)O[C@H]2n2cnc3c(N)ncnc32)O[C@H]1n1cnc2c(N)ncnc21)OC(=O)CCCCCCCCCCCCCCC. The van der Waals surface area contributed by atoms with E-state index in [1.165, 1.54) is 161 Å². The Morgan fingerprint density at radius 2 is 0.783 bits per heavy atom. The van der Waals surface area contributed by atoms with Crippen LogP contribution >= 0.6 is 15.6 Å². The molecule has 9 N–H and O–H groups in total. The molecule has 9 heterocycles. The van der Waals surface area contributed by atoms with Gasteiger partial charge in [0.05, 0.1) is 70.0 Å². The van der Waals surface area contributed by atoms with Crippen LogP contribution in [0.4, 0.5) is 17.5 Å². The van der Waals surface area contributed by atoms with E-state index in [9.17, 15) is 43.2 Å². The molecule has 3 saturated heterocycles. The van der Waals surface area contributed by atoms with Crippen molar-refractivity contribution in [3.63, 3.8) is 0 Å². The van der Waals surface area contributed by atoms with E-state index in [0.29, 0.717) is 12.8 Å². The van der Waals surface area contributed by atoms with Crippen molar-refractivity contribution < 1.29 is 94.5 Å². The Labute approximate surface area is 616 Å². The van der Waals surface area contributed by atoms with Crippen LogP contribution in [0.1, 0.15) is 244 Å². The Morgan fingerprint density at radius 1 is 0.453 bits per heavy atom. The van der Waals surface area contributed by atoms with Crippen LogP contribution in [0.5, 0.6) is 0 Å². The van der Waals surface area contributed by atoms with Crippen molar-refractivity contribution in [2.75, 3.05) is 50.2 Å². The van der Waals surface area contributed by atoms with E-state index in [-0.39, 0.29) is 89.7 Å². The number of ether oxygens (including phenoxy) is 7. The van der Waals surface area contributed by atoms with E-state index in [1.54, 1.807) is 0 Å². The number of aliphatic hydroxyl groups is 1. The highest BCUT2D eigenvalue weighted by Crippen LogP contribution is 2.53. The number of anilines is 3. The Morgan fingerprint density at radius 3 is 1.18 bits per heavy atom. The summed E-state index contributed by atoms with van der Waals surface area (Å²) < 4.78 is 96.1. The molecule has 35 nitrogen and oxygen atoms in total. The molecule has 3 unspecified atom stereocenters. The van der Waals surface area contributed by atoms with Gasteiger partial charge in [0.2, 0.25) is 0 Å². The van der Waals surface area contributed by atoms with Crippen molar-refractivity contribution in [3.8, 4) is 0 Å². The maximum Gasteiger partial charge on any atom is 0.472 e. The Kier molecular flexibility index (Phi) is 33.4. The Balaban J connectivity index is 0.772. The first-order valence-corrected chi connectivity index (χ1v) is 40.7. The molecule has 0 saturated carbocycles. The van der Waals surface area contributed by atoms with Gasteiger partial charge in [0.15, 0.2) is 59.2 Å². The maximum absolute atomic E-state index is 14.2. The van der Waals surface area contributed by atoms with Gasteiger partial charge in [-0.15, -0.1) is 0 Å². The maximum atomic E-state index is 14.2. The highest BCUT2D eigenvalue weighted by atomic mass is 31.2. The van der Waals surface area contributed by atoms with Crippen molar-refractivity contribution >= 4 is 90.5 Å². The van der Waals surface area contributed by atoms with Crippen molar-refractivity contribution in [1.29, 1.82) is 0 Å². The second-order valence-electron chi connectivity index (χ2n) is 27.4. The van der Waals surface area contributed by atoms with Gasteiger partial charge in [0, 0.05) is 32.1 Å². The average Bonchev–Trinajstić information content (AvgIpc) is 1.64. The average molecular weight is 1530 g/mol. The highest BCUT2D eigenvalue weighted by molar-refractivity contribution is 7.47. The molecule has 6 aromatic heterocycles. The van der Waals surface area contributed by atoms with Gasteiger partial charge in [0.25, 0.3) is 0 Å². The first-order chi connectivity index (χ1) is 51.3. The second-order valence-corrected chi connectivity index (χ2v) is 30.2. The van der Waals surface area contributed by atoms with E-state index in [4.69, 9.17) is 68.5 Å². The summed E-state index contributed by atoms with van der Waals surface area (Å²) in [6, 6.07) is 0. The highest BCUT2D eigenvalue weighted by Gasteiger charge is 2.47. The number of nitrogens with zero attached hydrogens (tertiary/aromatic N) is 12. The fourth-order valence-corrected chi connectivity index (χ4v) is 15.2. The lowest BCUT2D eigenvalue weighted by atomic mass is 10.0. The van der Waals surface area contributed by atoms with Crippen molar-refractivity contribution in [2.45, 2.75) is 287 Å². The van der Waals surface area contributed by atoms with E-state index in [2.05, 4.69) is 58.7 Å². The molecule has 3 fully saturated rings. The van der Waals surface area contributed by atoms with E-state index in [1.807, 2.05) is 0 Å². The molecule has 0 radical (unpaired) electrons. The lowest BCUT2D eigenvalue weighted by Gasteiger charge is -2.23. The number of esters is 4.